The van der Waals surface area contributed by atoms with E-state index in [0.717, 1.165) is 0 Å². The van der Waals surface area contributed by atoms with Gasteiger partial charge in [0.2, 0.25) is 11.8 Å². The van der Waals surface area contributed by atoms with Gasteiger partial charge in [0.1, 0.15) is 11.8 Å². The Morgan fingerprint density at radius 2 is 2.23 bits per heavy atom. The molecule has 1 aromatic heterocycles. The molecule has 2 N–H and O–H groups in total. The molecular weight excluding hydrogens is 288 g/mol. The third kappa shape index (κ3) is 3.66. The molecule has 0 aliphatic carbocycles. The average molecular weight is 308 g/mol. The molecule has 2 heterocycles. The number of carboxylic acid groups (broad SMARTS) is 1. The highest BCUT2D eigenvalue weighted by Gasteiger charge is 2.36. The van der Waals surface area contributed by atoms with Gasteiger partial charge >= 0.3 is 5.97 Å². The summed E-state index contributed by atoms with van der Waals surface area (Å²) in [6.45, 7) is 4.04. The molecule has 1 aliphatic rings. The minimum Gasteiger partial charge on any atom is -0.480 e. The number of nitrogens with zero attached hydrogens (tertiary/aromatic N) is 1. The molecule has 1 fully saturated rings. The normalized spacial score (nSPS) is 19.5. The monoisotopic (exact) mass is 308 g/mol. The average Bonchev–Trinajstić information content (AvgIpc) is 3.06. The van der Waals surface area contributed by atoms with Crippen molar-refractivity contribution in [3.63, 3.8) is 0 Å². The number of hydrogen-bond acceptors (Lipinski definition) is 4. The lowest BCUT2D eigenvalue weighted by Crippen LogP contribution is -2.47. The van der Waals surface area contributed by atoms with Gasteiger partial charge in [0.15, 0.2) is 0 Å². The van der Waals surface area contributed by atoms with Crippen molar-refractivity contribution in [2.45, 2.75) is 32.9 Å². The van der Waals surface area contributed by atoms with Crippen molar-refractivity contribution in [1.29, 1.82) is 0 Å². The van der Waals surface area contributed by atoms with E-state index in [1.807, 2.05) is 0 Å². The standard InChI is InChI=1S/C15H20N2O5/c1-9(2)13(15(20)21)16-14(19)10-6-12(18)17(7-10)8-11-4-3-5-22-11/h3-5,9-10,13H,6-8H2,1-2H3,(H,16,19)(H,20,21). The van der Waals surface area contributed by atoms with Gasteiger partial charge in [-0.05, 0) is 18.1 Å². The maximum Gasteiger partial charge on any atom is 0.326 e. The van der Waals surface area contributed by atoms with Crippen LogP contribution in [-0.4, -0.2) is 40.4 Å². The van der Waals surface area contributed by atoms with Gasteiger partial charge in [-0.3, -0.25) is 9.59 Å². The fraction of sp³-hybridized carbons (Fsp3) is 0.533. The predicted octanol–water partition coefficient (Wildman–Crippen LogP) is 0.853. The van der Waals surface area contributed by atoms with Gasteiger partial charge in [-0.25, -0.2) is 4.79 Å². The highest BCUT2D eigenvalue weighted by Crippen LogP contribution is 2.21. The largest absolute Gasteiger partial charge is 0.480 e. The number of nitrogens with one attached hydrogen (secondary N) is 1. The van der Waals surface area contributed by atoms with E-state index in [9.17, 15) is 14.4 Å². The van der Waals surface area contributed by atoms with E-state index >= 15 is 0 Å². The summed E-state index contributed by atoms with van der Waals surface area (Å²) in [5, 5.41) is 11.6. The molecule has 0 spiro atoms. The van der Waals surface area contributed by atoms with Crippen LogP contribution in [0.1, 0.15) is 26.0 Å². The Labute approximate surface area is 128 Å². The minimum atomic E-state index is -1.07. The van der Waals surface area contributed by atoms with Crippen LogP contribution in [-0.2, 0) is 20.9 Å². The molecule has 0 aromatic carbocycles. The van der Waals surface area contributed by atoms with Gasteiger partial charge in [0.25, 0.3) is 0 Å². The number of aliphatic carboxylic acids is 1. The molecule has 7 heteroatoms. The van der Waals surface area contributed by atoms with Crippen LogP contribution >= 0.6 is 0 Å². The first-order valence-corrected chi connectivity index (χ1v) is 7.21. The first-order chi connectivity index (χ1) is 10.4. The Morgan fingerprint density at radius 3 is 2.77 bits per heavy atom. The third-order valence-corrected chi connectivity index (χ3v) is 3.74. The third-order valence-electron chi connectivity index (χ3n) is 3.74. The van der Waals surface area contributed by atoms with Crippen molar-refractivity contribution >= 4 is 17.8 Å². The lowest BCUT2D eigenvalue weighted by atomic mass is 10.0. The first kappa shape index (κ1) is 16.1. The van der Waals surface area contributed by atoms with Gasteiger partial charge in [0.05, 0.1) is 18.7 Å². The highest BCUT2D eigenvalue weighted by molar-refractivity contribution is 5.91. The molecule has 1 aromatic rings. The summed E-state index contributed by atoms with van der Waals surface area (Å²) >= 11 is 0. The SMILES string of the molecule is CC(C)C(NC(=O)C1CC(=O)N(Cc2ccco2)C1)C(=O)O. The van der Waals surface area contributed by atoms with Crippen LogP contribution in [0.25, 0.3) is 0 Å². The Morgan fingerprint density at radius 1 is 1.50 bits per heavy atom. The van der Waals surface area contributed by atoms with Crippen LogP contribution in [0.2, 0.25) is 0 Å². The smallest absolute Gasteiger partial charge is 0.326 e. The fourth-order valence-corrected chi connectivity index (χ4v) is 2.48. The van der Waals surface area contributed by atoms with Crippen LogP contribution in [0.5, 0.6) is 0 Å². The Kier molecular flexibility index (Phi) is 4.85. The van der Waals surface area contributed by atoms with Gasteiger partial charge in [-0.15, -0.1) is 0 Å². The number of furan rings is 1. The zero-order valence-electron chi connectivity index (χ0n) is 12.6. The molecule has 0 bridgehead atoms. The van der Waals surface area contributed by atoms with E-state index in [2.05, 4.69) is 5.32 Å². The Bertz CT molecular complexity index is 552. The maximum atomic E-state index is 12.2. The lowest BCUT2D eigenvalue weighted by Gasteiger charge is -2.20. The second-order valence-corrected chi connectivity index (χ2v) is 5.82. The fourth-order valence-electron chi connectivity index (χ4n) is 2.48. The van der Waals surface area contributed by atoms with Gasteiger partial charge < -0.3 is 19.7 Å². The van der Waals surface area contributed by atoms with Crippen LogP contribution in [0.3, 0.4) is 0 Å². The zero-order chi connectivity index (χ0) is 16.3. The van der Waals surface area contributed by atoms with Crippen molar-refractivity contribution < 1.29 is 23.9 Å². The molecule has 2 amide bonds. The first-order valence-electron chi connectivity index (χ1n) is 7.21. The van der Waals surface area contributed by atoms with E-state index < -0.39 is 23.8 Å². The molecule has 2 unspecified atom stereocenters. The molecule has 22 heavy (non-hydrogen) atoms. The molecule has 7 nitrogen and oxygen atoms in total. The minimum absolute atomic E-state index is 0.0942. The lowest BCUT2D eigenvalue weighted by molar-refractivity contribution is -0.143. The Hall–Kier alpha value is -2.31. The van der Waals surface area contributed by atoms with Gasteiger partial charge in [-0.2, -0.15) is 0 Å². The number of amides is 2. The number of carboxylic acids is 1. The quantitative estimate of drug-likeness (QED) is 0.811. The van der Waals surface area contributed by atoms with Crippen LogP contribution in [0, 0.1) is 11.8 Å². The molecule has 0 saturated carbocycles. The van der Waals surface area contributed by atoms with Crippen LogP contribution < -0.4 is 5.32 Å². The number of hydrogen-bond donors (Lipinski definition) is 2. The van der Waals surface area contributed by atoms with Crippen LogP contribution in [0.15, 0.2) is 22.8 Å². The van der Waals surface area contributed by atoms with Crippen molar-refractivity contribution in [3.8, 4) is 0 Å². The zero-order valence-corrected chi connectivity index (χ0v) is 12.6. The van der Waals surface area contributed by atoms with E-state index in [-0.39, 0.29) is 24.8 Å². The van der Waals surface area contributed by atoms with Crippen molar-refractivity contribution in [3.05, 3.63) is 24.2 Å². The highest BCUT2D eigenvalue weighted by atomic mass is 16.4. The van der Waals surface area contributed by atoms with Gasteiger partial charge in [0, 0.05) is 13.0 Å². The second-order valence-electron chi connectivity index (χ2n) is 5.82. The van der Waals surface area contributed by atoms with Gasteiger partial charge in [-0.1, -0.05) is 13.8 Å². The summed E-state index contributed by atoms with van der Waals surface area (Å²) in [6.07, 6.45) is 1.62. The molecule has 1 aliphatic heterocycles. The topological polar surface area (TPSA) is 99.9 Å². The number of carbonyl (C=O) groups excluding carboxylic acids is 2. The maximum absolute atomic E-state index is 12.2. The molecule has 1 saturated heterocycles. The predicted molar refractivity (Wildman–Crippen MR) is 76.6 cm³/mol. The second kappa shape index (κ2) is 6.64. The van der Waals surface area contributed by atoms with Crippen molar-refractivity contribution in [1.82, 2.24) is 10.2 Å². The van der Waals surface area contributed by atoms with E-state index in [4.69, 9.17) is 9.52 Å². The summed E-state index contributed by atoms with van der Waals surface area (Å²) in [5.41, 5.74) is 0. The molecule has 0 radical (unpaired) electrons. The molecule has 2 rings (SSSR count). The molecular formula is C15H20N2O5. The summed E-state index contributed by atoms with van der Waals surface area (Å²) in [7, 11) is 0. The van der Waals surface area contributed by atoms with Crippen molar-refractivity contribution in [2.75, 3.05) is 6.54 Å². The van der Waals surface area contributed by atoms with E-state index in [1.165, 1.54) is 6.26 Å². The summed E-state index contributed by atoms with van der Waals surface area (Å²) < 4.78 is 5.19. The Balaban J connectivity index is 1.94. The summed E-state index contributed by atoms with van der Waals surface area (Å²) in [4.78, 5) is 36.8. The number of carbonyl (C=O) groups is 3. The van der Waals surface area contributed by atoms with Crippen LogP contribution in [0.4, 0.5) is 0 Å². The van der Waals surface area contributed by atoms with E-state index in [1.54, 1.807) is 30.9 Å². The summed E-state index contributed by atoms with van der Waals surface area (Å²) in [6, 6.07) is 2.56. The summed E-state index contributed by atoms with van der Waals surface area (Å²) in [5.74, 6) is -1.69. The van der Waals surface area contributed by atoms with E-state index in [0.29, 0.717) is 12.3 Å². The number of likely N-dealkylation sites (tertiary alicyclic amines) is 1. The molecule has 2 atom stereocenters. The van der Waals surface area contributed by atoms with Crippen molar-refractivity contribution in [2.24, 2.45) is 11.8 Å². The number of rotatable bonds is 6. The molecule has 120 valence electrons.